The van der Waals surface area contributed by atoms with Crippen molar-refractivity contribution in [3.05, 3.63) is 29.8 Å². The third-order valence-corrected chi connectivity index (χ3v) is 2.12. The molecule has 1 aromatic rings. The fraction of sp³-hybridized carbons (Fsp3) is 0.200. The second kappa shape index (κ2) is 6.61. The molecule has 1 N–H and O–H groups in total. The van der Waals surface area contributed by atoms with Crippen LogP contribution in [0.3, 0.4) is 0 Å². The van der Waals surface area contributed by atoms with E-state index in [4.69, 9.17) is 23.2 Å². The summed E-state index contributed by atoms with van der Waals surface area (Å²) in [5, 5.41) is 2.45. The van der Waals surface area contributed by atoms with E-state index >= 15 is 0 Å². The lowest BCUT2D eigenvalue weighted by Gasteiger charge is -2.07. The molecule has 18 heavy (non-hydrogen) atoms. The standard InChI is InChI=1S/C10H8Cl2F3N3/c11-5-16-9(12)18-6-17-8-3-1-2-7(4-8)10(13,14)15/h1-4,6H,5H2,(H,16,17,18). The summed E-state index contributed by atoms with van der Waals surface area (Å²) in [6.45, 7) is 0. The Bertz CT molecular complexity index is 458. The van der Waals surface area contributed by atoms with E-state index < -0.39 is 11.7 Å². The van der Waals surface area contributed by atoms with Gasteiger partial charge in [0.1, 0.15) is 6.00 Å². The minimum Gasteiger partial charge on any atom is -0.346 e. The first-order chi connectivity index (χ1) is 8.43. The summed E-state index contributed by atoms with van der Waals surface area (Å²) < 4.78 is 37.2. The van der Waals surface area contributed by atoms with Crippen LogP contribution in [0.5, 0.6) is 0 Å². The summed E-state index contributed by atoms with van der Waals surface area (Å²) in [5.41, 5.74) is -0.509. The van der Waals surface area contributed by atoms with Gasteiger partial charge in [0.05, 0.1) is 11.9 Å². The zero-order valence-electron chi connectivity index (χ0n) is 8.88. The molecule has 0 aliphatic rings. The fourth-order valence-corrected chi connectivity index (χ4v) is 1.32. The Morgan fingerprint density at radius 2 is 2.11 bits per heavy atom. The van der Waals surface area contributed by atoms with E-state index in [1.54, 1.807) is 0 Å². The van der Waals surface area contributed by atoms with Crippen molar-refractivity contribution in [1.82, 2.24) is 0 Å². The fourth-order valence-electron chi connectivity index (χ4n) is 1.04. The van der Waals surface area contributed by atoms with E-state index in [1.165, 1.54) is 12.1 Å². The first-order valence-electron chi connectivity index (χ1n) is 4.65. The quantitative estimate of drug-likeness (QED) is 0.390. The molecule has 0 saturated heterocycles. The second-order valence-corrected chi connectivity index (χ2v) is 3.60. The summed E-state index contributed by atoms with van der Waals surface area (Å²) in [5.74, 6) is 0. The Morgan fingerprint density at radius 1 is 1.39 bits per heavy atom. The van der Waals surface area contributed by atoms with Gasteiger partial charge in [-0.2, -0.15) is 13.2 Å². The number of rotatable bonds is 3. The summed E-state index contributed by atoms with van der Waals surface area (Å²) in [4.78, 5) is 7.16. The van der Waals surface area contributed by atoms with E-state index in [-0.39, 0.29) is 17.0 Å². The van der Waals surface area contributed by atoms with Crippen molar-refractivity contribution >= 4 is 40.5 Å². The van der Waals surface area contributed by atoms with Crippen LogP contribution >= 0.6 is 23.2 Å². The third kappa shape index (κ3) is 4.93. The molecule has 0 atom stereocenters. The number of amidine groups is 1. The van der Waals surface area contributed by atoms with Crippen molar-refractivity contribution in [3.8, 4) is 0 Å². The van der Waals surface area contributed by atoms with Gasteiger partial charge >= 0.3 is 6.18 Å². The first-order valence-corrected chi connectivity index (χ1v) is 5.57. The van der Waals surface area contributed by atoms with Gasteiger partial charge < -0.3 is 5.32 Å². The monoisotopic (exact) mass is 297 g/mol. The average Bonchev–Trinajstić information content (AvgIpc) is 2.29. The van der Waals surface area contributed by atoms with Crippen LogP contribution in [0.4, 0.5) is 18.9 Å². The lowest BCUT2D eigenvalue weighted by Crippen LogP contribution is -2.06. The molecule has 0 amide bonds. The van der Waals surface area contributed by atoms with Crippen molar-refractivity contribution in [2.75, 3.05) is 11.3 Å². The smallest absolute Gasteiger partial charge is 0.346 e. The van der Waals surface area contributed by atoms with Crippen molar-refractivity contribution in [3.63, 3.8) is 0 Å². The number of alkyl halides is 4. The van der Waals surface area contributed by atoms with E-state index in [2.05, 4.69) is 15.3 Å². The van der Waals surface area contributed by atoms with Crippen molar-refractivity contribution in [2.24, 2.45) is 9.98 Å². The molecular formula is C10H8Cl2F3N3. The normalized spacial score (nSPS) is 13.1. The molecule has 1 aromatic carbocycles. The molecule has 0 heterocycles. The molecule has 0 fully saturated rings. The number of halogens is 5. The number of nitrogens with zero attached hydrogens (tertiary/aromatic N) is 2. The van der Waals surface area contributed by atoms with Crippen LogP contribution in [0.25, 0.3) is 0 Å². The van der Waals surface area contributed by atoms with Crippen molar-refractivity contribution < 1.29 is 13.2 Å². The van der Waals surface area contributed by atoms with Gasteiger partial charge in [-0.1, -0.05) is 6.07 Å². The van der Waals surface area contributed by atoms with Crippen LogP contribution in [0, 0.1) is 0 Å². The van der Waals surface area contributed by atoms with Gasteiger partial charge in [0.15, 0.2) is 0 Å². The van der Waals surface area contributed by atoms with Gasteiger partial charge in [-0.25, -0.2) is 9.98 Å². The molecule has 0 spiro atoms. The van der Waals surface area contributed by atoms with Gasteiger partial charge in [-0.15, -0.1) is 11.6 Å². The molecule has 8 heteroatoms. The maximum atomic E-state index is 12.4. The zero-order chi connectivity index (χ0) is 13.6. The SMILES string of the molecule is FC(F)(F)c1cccc(NC=NC(Cl)=NCCl)c1. The molecule has 0 aromatic heterocycles. The number of hydrogen-bond acceptors (Lipinski definition) is 1. The van der Waals surface area contributed by atoms with Gasteiger partial charge in [0.25, 0.3) is 0 Å². The average molecular weight is 298 g/mol. The van der Waals surface area contributed by atoms with E-state index in [1.807, 2.05) is 0 Å². The highest BCUT2D eigenvalue weighted by Crippen LogP contribution is 2.30. The van der Waals surface area contributed by atoms with Crippen LogP contribution in [0.2, 0.25) is 0 Å². The molecule has 1 rings (SSSR count). The van der Waals surface area contributed by atoms with Gasteiger partial charge in [0, 0.05) is 5.69 Å². The predicted molar refractivity (Wildman–Crippen MR) is 67.6 cm³/mol. The predicted octanol–water partition coefficient (Wildman–Crippen LogP) is 3.94. The molecule has 3 nitrogen and oxygen atoms in total. The van der Waals surface area contributed by atoms with Crippen LogP contribution in [-0.2, 0) is 6.18 Å². The summed E-state index contributed by atoms with van der Waals surface area (Å²) in [6, 6.07) is 4.64. The first kappa shape index (κ1) is 14.8. The lowest BCUT2D eigenvalue weighted by atomic mass is 10.2. The topological polar surface area (TPSA) is 36.8 Å². The Hall–Kier alpha value is -1.27. The summed E-state index contributed by atoms with van der Waals surface area (Å²) in [6.07, 6.45) is -3.25. The highest BCUT2D eigenvalue weighted by atomic mass is 35.5. The number of nitrogens with one attached hydrogen (secondary N) is 1. The van der Waals surface area contributed by atoms with Crippen LogP contribution in [0.1, 0.15) is 5.56 Å². The number of benzene rings is 1. The molecular weight excluding hydrogens is 290 g/mol. The molecule has 0 aliphatic carbocycles. The Balaban J connectivity index is 2.72. The van der Waals surface area contributed by atoms with Gasteiger partial charge in [-0.3, -0.25) is 0 Å². The Labute approximate surface area is 111 Å². The summed E-state index contributed by atoms with van der Waals surface area (Å²) in [7, 11) is 0. The summed E-state index contributed by atoms with van der Waals surface area (Å²) >= 11 is 10.8. The highest BCUT2D eigenvalue weighted by molar-refractivity contribution is 6.65. The van der Waals surface area contributed by atoms with Gasteiger partial charge in [-0.05, 0) is 29.8 Å². The van der Waals surface area contributed by atoms with Crippen LogP contribution in [-0.4, -0.2) is 17.6 Å². The maximum Gasteiger partial charge on any atom is 0.416 e. The Morgan fingerprint density at radius 3 is 2.72 bits per heavy atom. The minimum atomic E-state index is -4.38. The molecule has 0 bridgehead atoms. The maximum absolute atomic E-state index is 12.4. The van der Waals surface area contributed by atoms with Crippen LogP contribution < -0.4 is 5.32 Å². The third-order valence-electron chi connectivity index (χ3n) is 1.78. The molecule has 0 unspecified atom stereocenters. The van der Waals surface area contributed by atoms with E-state index in [9.17, 15) is 13.2 Å². The van der Waals surface area contributed by atoms with E-state index in [0.717, 1.165) is 18.5 Å². The highest BCUT2D eigenvalue weighted by Gasteiger charge is 2.30. The molecule has 98 valence electrons. The zero-order valence-corrected chi connectivity index (χ0v) is 10.4. The van der Waals surface area contributed by atoms with Crippen molar-refractivity contribution in [1.29, 1.82) is 0 Å². The van der Waals surface area contributed by atoms with E-state index in [0.29, 0.717) is 0 Å². The minimum absolute atomic E-state index is 0.0419. The Kier molecular flexibility index (Phi) is 5.43. The van der Waals surface area contributed by atoms with Crippen molar-refractivity contribution in [2.45, 2.75) is 6.18 Å². The second-order valence-electron chi connectivity index (χ2n) is 3.03. The lowest BCUT2D eigenvalue weighted by molar-refractivity contribution is -0.137. The number of aliphatic imine (C=N–C) groups is 2. The molecule has 0 radical (unpaired) electrons. The van der Waals surface area contributed by atoms with Gasteiger partial charge in [0.2, 0.25) is 5.29 Å². The number of anilines is 1. The number of hydrogen-bond donors (Lipinski definition) is 1. The molecule has 0 aliphatic heterocycles. The molecule has 0 saturated carbocycles. The van der Waals surface area contributed by atoms with Crippen LogP contribution in [0.15, 0.2) is 34.3 Å². The largest absolute Gasteiger partial charge is 0.416 e.